The summed E-state index contributed by atoms with van der Waals surface area (Å²) >= 11 is 5.91. The summed E-state index contributed by atoms with van der Waals surface area (Å²) in [5.41, 5.74) is 0.788. The van der Waals surface area contributed by atoms with Gasteiger partial charge in [-0.05, 0) is 42.6 Å². The zero-order chi connectivity index (χ0) is 21.1. The molecule has 152 valence electrons. The molecule has 6 nitrogen and oxygen atoms in total. The number of aromatic nitrogens is 2. The fraction of sp³-hybridized carbons (Fsp3) is 0.174. The number of halogens is 1. The largest absolute Gasteiger partial charge is 0.480 e. The van der Waals surface area contributed by atoms with Gasteiger partial charge < -0.3 is 14.2 Å². The van der Waals surface area contributed by atoms with E-state index in [1.165, 1.54) is 4.90 Å². The third-order valence-corrected chi connectivity index (χ3v) is 4.97. The summed E-state index contributed by atoms with van der Waals surface area (Å²) in [6, 6.07) is 20.8. The van der Waals surface area contributed by atoms with E-state index in [0.717, 1.165) is 16.3 Å². The Morgan fingerprint density at radius 2 is 1.83 bits per heavy atom. The minimum Gasteiger partial charge on any atom is -0.480 e. The van der Waals surface area contributed by atoms with Crippen molar-refractivity contribution in [3.05, 3.63) is 77.6 Å². The topological polar surface area (TPSA) is 68.5 Å². The molecule has 3 aromatic carbocycles. The summed E-state index contributed by atoms with van der Waals surface area (Å²) in [6.45, 7) is 1.91. The molecule has 4 aromatic rings. The third-order valence-electron chi connectivity index (χ3n) is 4.72. The van der Waals surface area contributed by atoms with E-state index in [0.29, 0.717) is 22.5 Å². The van der Waals surface area contributed by atoms with Crippen molar-refractivity contribution >= 4 is 28.3 Å². The molecule has 0 saturated heterocycles. The Labute approximate surface area is 179 Å². The van der Waals surface area contributed by atoms with Crippen molar-refractivity contribution < 1.29 is 14.1 Å². The van der Waals surface area contributed by atoms with E-state index in [2.05, 4.69) is 10.1 Å². The number of hydrogen-bond donors (Lipinski definition) is 0. The van der Waals surface area contributed by atoms with Crippen LogP contribution >= 0.6 is 11.6 Å². The summed E-state index contributed by atoms with van der Waals surface area (Å²) in [4.78, 5) is 18.7. The van der Waals surface area contributed by atoms with Crippen molar-refractivity contribution in [2.24, 2.45) is 0 Å². The molecule has 0 bridgehead atoms. The SMILES string of the molecule is CC(Oc1cccc2ccccc12)C(=O)N(C)Cc1nc(-c2ccc(Cl)cc2)no1. The van der Waals surface area contributed by atoms with Crippen molar-refractivity contribution in [2.45, 2.75) is 19.6 Å². The maximum atomic E-state index is 12.8. The molecule has 0 saturated carbocycles. The van der Waals surface area contributed by atoms with E-state index < -0.39 is 6.10 Å². The van der Waals surface area contributed by atoms with Gasteiger partial charge in [0.15, 0.2) is 6.10 Å². The number of nitrogens with zero attached hydrogens (tertiary/aromatic N) is 3. The molecule has 0 aliphatic carbocycles. The lowest BCUT2D eigenvalue weighted by atomic mass is 10.1. The van der Waals surface area contributed by atoms with E-state index in [-0.39, 0.29) is 12.5 Å². The predicted octanol–water partition coefficient (Wildman–Crippen LogP) is 4.97. The average molecular weight is 422 g/mol. The second kappa shape index (κ2) is 8.55. The Morgan fingerprint density at radius 1 is 1.10 bits per heavy atom. The second-order valence-corrected chi connectivity index (χ2v) is 7.39. The number of hydrogen-bond acceptors (Lipinski definition) is 5. The molecular formula is C23H20ClN3O3. The van der Waals surface area contributed by atoms with Crippen LogP contribution in [0, 0.1) is 0 Å². The molecule has 1 heterocycles. The first-order valence-corrected chi connectivity index (χ1v) is 9.87. The van der Waals surface area contributed by atoms with Gasteiger partial charge in [0.05, 0.1) is 6.54 Å². The van der Waals surface area contributed by atoms with Crippen LogP contribution in [0.4, 0.5) is 0 Å². The fourth-order valence-electron chi connectivity index (χ4n) is 3.17. The molecule has 1 aromatic heterocycles. The molecular weight excluding hydrogens is 402 g/mol. The summed E-state index contributed by atoms with van der Waals surface area (Å²) in [7, 11) is 1.68. The highest BCUT2D eigenvalue weighted by molar-refractivity contribution is 6.30. The molecule has 0 spiro atoms. The maximum Gasteiger partial charge on any atom is 0.263 e. The van der Waals surface area contributed by atoms with Crippen molar-refractivity contribution in [2.75, 3.05) is 7.05 Å². The van der Waals surface area contributed by atoms with Gasteiger partial charge in [0, 0.05) is 23.0 Å². The van der Waals surface area contributed by atoms with Crippen LogP contribution in [0.1, 0.15) is 12.8 Å². The second-order valence-electron chi connectivity index (χ2n) is 6.95. The summed E-state index contributed by atoms with van der Waals surface area (Å²) in [5, 5.41) is 6.63. The Balaban J connectivity index is 1.42. The van der Waals surface area contributed by atoms with Gasteiger partial charge >= 0.3 is 0 Å². The molecule has 1 unspecified atom stereocenters. The first-order chi connectivity index (χ1) is 14.5. The molecule has 1 amide bonds. The van der Waals surface area contributed by atoms with Crippen LogP contribution in [0.25, 0.3) is 22.2 Å². The van der Waals surface area contributed by atoms with Gasteiger partial charge in [-0.3, -0.25) is 4.79 Å². The number of carbonyl (C=O) groups excluding carboxylic acids is 1. The molecule has 4 rings (SSSR count). The van der Waals surface area contributed by atoms with Crippen molar-refractivity contribution in [3.8, 4) is 17.1 Å². The maximum absolute atomic E-state index is 12.8. The van der Waals surface area contributed by atoms with Gasteiger partial charge in [0.25, 0.3) is 5.91 Å². The van der Waals surface area contributed by atoms with Crippen LogP contribution in [0.15, 0.2) is 71.3 Å². The zero-order valence-electron chi connectivity index (χ0n) is 16.6. The third kappa shape index (κ3) is 4.28. The van der Waals surface area contributed by atoms with Crippen LogP contribution in [0.5, 0.6) is 5.75 Å². The number of amides is 1. The molecule has 0 N–H and O–H groups in total. The lowest BCUT2D eigenvalue weighted by Gasteiger charge is -2.21. The monoisotopic (exact) mass is 421 g/mol. The molecule has 7 heteroatoms. The normalized spacial score (nSPS) is 12.0. The summed E-state index contributed by atoms with van der Waals surface area (Å²) < 4.78 is 11.3. The average Bonchev–Trinajstić information content (AvgIpc) is 3.22. The number of likely N-dealkylation sites (N-methyl/N-ethyl adjacent to an activating group) is 1. The first kappa shape index (κ1) is 19.9. The van der Waals surface area contributed by atoms with Crippen molar-refractivity contribution in [1.82, 2.24) is 15.0 Å². The van der Waals surface area contributed by atoms with Gasteiger partial charge in [-0.2, -0.15) is 4.98 Å². The lowest BCUT2D eigenvalue weighted by molar-refractivity contribution is -0.137. The number of rotatable bonds is 6. The Hall–Kier alpha value is -3.38. The number of benzene rings is 3. The van der Waals surface area contributed by atoms with Gasteiger partial charge in [-0.15, -0.1) is 0 Å². The van der Waals surface area contributed by atoms with E-state index in [1.54, 1.807) is 26.1 Å². The quantitative estimate of drug-likeness (QED) is 0.439. The fourth-order valence-corrected chi connectivity index (χ4v) is 3.29. The Kier molecular flexibility index (Phi) is 5.68. The van der Waals surface area contributed by atoms with E-state index >= 15 is 0 Å². The highest BCUT2D eigenvalue weighted by atomic mass is 35.5. The van der Waals surface area contributed by atoms with E-state index in [9.17, 15) is 4.79 Å². The molecule has 0 aliphatic rings. The van der Waals surface area contributed by atoms with Gasteiger partial charge in [-0.1, -0.05) is 53.2 Å². The Morgan fingerprint density at radius 3 is 2.63 bits per heavy atom. The van der Waals surface area contributed by atoms with Gasteiger partial charge in [-0.25, -0.2) is 0 Å². The van der Waals surface area contributed by atoms with Crippen LogP contribution in [0.2, 0.25) is 5.02 Å². The minimum absolute atomic E-state index is 0.183. The van der Waals surface area contributed by atoms with Crippen LogP contribution in [-0.2, 0) is 11.3 Å². The smallest absolute Gasteiger partial charge is 0.263 e. The molecule has 0 fully saturated rings. The lowest BCUT2D eigenvalue weighted by Crippen LogP contribution is -2.37. The minimum atomic E-state index is -0.667. The van der Waals surface area contributed by atoms with E-state index in [4.69, 9.17) is 20.9 Å². The van der Waals surface area contributed by atoms with Crippen molar-refractivity contribution in [3.63, 3.8) is 0 Å². The van der Waals surface area contributed by atoms with Crippen molar-refractivity contribution in [1.29, 1.82) is 0 Å². The number of ether oxygens (including phenoxy) is 1. The zero-order valence-corrected chi connectivity index (χ0v) is 17.3. The molecule has 0 radical (unpaired) electrons. The number of carbonyl (C=O) groups is 1. The van der Waals surface area contributed by atoms with Crippen LogP contribution in [-0.4, -0.2) is 34.1 Å². The first-order valence-electron chi connectivity index (χ1n) is 9.49. The van der Waals surface area contributed by atoms with Crippen LogP contribution in [0.3, 0.4) is 0 Å². The predicted molar refractivity (Wildman–Crippen MR) is 115 cm³/mol. The van der Waals surface area contributed by atoms with Gasteiger partial charge in [0.1, 0.15) is 5.75 Å². The Bertz CT molecular complexity index is 1170. The summed E-state index contributed by atoms with van der Waals surface area (Å²) in [6.07, 6.45) is -0.667. The molecule has 0 aliphatic heterocycles. The molecule has 1 atom stereocenters. The highest BCUT2D eigenvalue weighted by Crippen LogP contribution is 2.26. The van der Waals surface area contributed by atoms with E-state index in [1.807, 2.05) is 54.6 Å². The number of fused-ring (bicyclic) bond motifs is 1. The standard InChI is InChI=1S/C23H20ClN3O3/c1-15(29-20-9-5-7-16-6-3-4-8-19(16)20)23(28)27(2)14-21-25-22(26-30-21)17-10-12-18(24)13-11-17/h3-13,15H,14H2,1-2H3. The summed E-state index contributed by atoms with van der Waals surface area (Å²) in [5.74, 6) is 1.27. The van der Waals surface area contributed by atoms with Crippen LogP contribution < -0.4 is 4.74 Å². The highest BCUT2D eigenvalue weighted by Gasteiger charge is 2.22. The molecule has 30 heavy (non-hydrogen) atoms. The van der Waals surface area contributed by atoms with Gasteiger partial charge in [0.2, 0.25) is 11.7 Å².